The highest BCUT2D eigenvalue weighted by molar-refractivity contribution is 9.08. The molecular weight excluding hydrogens is 382 g/mol. The van der Waals surface area contributed by atoms with Gasteiger partial charge in [-0.15, -0.1) is 22.1 Å². The molecule has 102 valence electrons. The molecular formula is C15H13Br2N3. The average Bonchev–Trinajstić information content (AvgIpc) is 2.98. The van der Waals surface area contributed by atoms with Gasteiger partial charge in [-0.2, -0.15) is 0 Å². The first kappa shape index (κ1) is 14.9. The predicted molar refractivity (Wildman–Crippen MR) is 89.7 cm³/mol. The summed E-state index contributed by atoms with van der Waals surface area (Å²) in [5.74, 6) is 0. The first-order valence-corrected chi connectivity index (χ1v) is 7.12. The van der Waals surface area contributed by atoms with Crippen LogP contribution in [-0.2, 0) is 5.33 Å². The van der Waals surface area contributed by atoms with Gasteiger partial charge in [-0.25, -0.2) is 4.68 Å². The van der Waals surface area contributed by atoms with Crippen molar-refractivity contribution in [1.29, 1.82) is 0 Å². The van der Waals surface area contributed by atoms with E-state index in [9.17, 15) is 0 Å². The third-order valence-electron chi connectivity index (χ3n) is 2.95. The predicted octanol–water partition coefficient (Wildman–Crippen LogP) is 4.41. The molecule has 3 rings (SSSR count). The van der Waals surface area contributed by atoms with Crippen molar-refractivity contribution in [2.24, 2.45) is 0 Å². The molecule has 1 aromatic heterocycles. The Balaban J connectivity index is 0.00000147. The van der Waals surface area contributed by atoms with E-state index in [2.05, 4.69) is 38.4 Å². The highest BCUT2D eigenvalue weighted by atomic mass is 79.9. The fourth-order valence-corrected chi connectivity index (χ4v) is 2.47. The van der Waals surface area contributed by atoms with Crippen molar-refractivity contribution < 1.29 is 0 Å². The Morgan fingerprint density at radius 3 is 2.40 bits per heavy atom. The summed E-state index contributed by atoms with van der Waals surface area (Å²) >= 11 is 3.50. The topological polar surface area (TPSA) is 30.7 Å². The normalized spacial score (nSPS) is 10.1. The Morgan fingerprint density at radius 2 is 1.65 bits per heavy atom. The van der Waals surface area contributed by atoms with E-state index >= 15 is 0 Å². The van der Waals surface area contributed by atoms with E-state index < -0.39 is 0 Å². The van der Waals surface area contributed by atoms with Crippen LogP contribution in [0.3, 0.4) is 0 Å². The van der Waals surface area contributed by atoms with Gasteiger partial charge in [-0.3, -0.25) is 0 Å². The second-order valence-electron chi connectivity index (χ2n) is 4.17. The monoisotopic (exact) mass is 393 g/mol. The van der Waals surface area contributed by atoms with Gasteiger partial charge in [0.25, 0.3) is 0 Å². The van der Waals surface area contributed by atoms with Gasteiger partial charge >= 0.3 is 0 Å². The number of alkyl halides is 1. The zero-order valence-electron chi connectivity index (χ0n) is 10.6. The third-order valence-corrected chi connectivity index (χ3v) is 3.56. The molecule has 3 aromatic rings. The molecule has 0 saturated heterocycles. The van der Waals surface area contributed by atoms with Crippen LogP contribution in [0.1, 0.15) is 5.56 Å². The number of hydrogen-bond donors (Lipinski definition) is 0. The molecule has 0 spiro atoms. The number of para-hydroxylation sites is 1. The van der Waals surface area contributed by atoms with Gasteiger partial charge in [-0.1, -0.05) is 63.6 Å². The average molecular weight is 395 g/mol. The summed E-state index contributed by atoms with van der Waals surface area (Å²) in [5, 5.41) is 9.26. The van der Waals surface area contributed by atoms with Gasteiger partial charge in [0.15, 0.2) is 0 Å². The molecule has 0 unspecified atom stereocenters. The summed E-state index contributed by atoms with van der Waals surface area (Å²) in [6.45, 7) is 0. The van der Waals surface area contributed by atoms with Gasteiger partial charge < -0.3 is 0 Å². The van der Waals surface area contributed by atoms with Crippen LogP contribution >= 0.6 is 32.9 Å². The first-order valence-electron chi connectivity index (χ1n) is 6.00. The number of halogens is 2. The molecule has 0 aliphatic carbocycles. The molecule has 20 heavy (non-hydrogen) atoms. The Kier molecular flexibility index (Phi) is 5.09. The van der Waals surface area contributed by atoms with Crippen LogP contribution in [-0.4, -0.2) is 15.0 Å². The van der Waals surface area contributed by atoms with Crippen LogP contribution in [0.4, 0.5) is 0 Å². The third kappa shape index (κ3) is 2.99. The molecule has 5 heteroatoms. The molecule has 0 aliphatic rings. The fourth-order valence-electron chi connectivity index (χ4n) is 1.98. The van der Waals surface area contributed by atoms with Crippen molar-refractivity contribution >= 4 is 32.9 Å². The first-order chi connectivity index (χ1) is 9.38. The van der Waals surface area contributed by atoms with Crippen molar-refractivity contribution in [2.75, 3.05) is 0 Å². The minimum Gasteiger partial charge on any atom is -0.220 e. The zero-order valence-corrected chi connectivity index (χ0v) is 13.9. The number of nitrogens with zero attached hydrogens (tertiary/aromatic N) is 3. The van der Waals surface area contributed by atoms with Crippen LogP contribution in [0.25, 0.3) is 16.9 Å². The Labute approximate surface area is 136 Å². The summed E-state index contributed by atoms with van der Waals surface area (Å²) in [6.07, 6.45) is 1.96. The second-order valence-corrected chi connectivity index (χ2v) is 4.74. The molecule has 3 nitrogen and oxygen atoms in total. The lowest BCUT2D eigenvalue weighted by Crippen LogP contribution is -1.93. The van der Waals surface area contributed by atoms with Gasteiger partial charge in [0.1, 0.15) is 5.69 Å². The molecule has 1 heterocycles. The molecule has 0 aliphatic heterocycles. The highest BCUT2D eigenvalue weighted by Crippen LogP contribution is 2.23. The quantitative estimate of drug-likeness (QED) is 0.616. The smallest absolute Gasteiger partial charge is 0.113 e. The minimum absolute atomic E-state index is 0. The van der Waals surface area contributed by atoms with Crippen molar-refractivity contribution in [3.8, 4) is 16.9 Å². The van der Waals surface area contributed by atoms with Gasteiger partial charge in [0, 0.05) is 10.9 Å². The van der Waals surface area contributed by atoms with Gasteiger partial charge in [0.2, 0.25) is 0 Å². The Morgan fingerprint density at radius 1 is 0.950 bits per heavy atom. The maximum absolute atomic E-state index is 4.26. The van der Waals surface area contributed by atoms with Crippen LogP contribution in [0.15, 0.2) is 60.8 Å². The Hall–Kier alpha value is -1.46. The fraction of sp³-hybridized carbons (Fsp3) is 0.0667. The van der Waals surface area contributed by atoms with Crippen LogP contribution in [0.2, 0.25) is 0 Å². The van der Waals surface area contributed by atoms with Crippen LogP contribution in [0.5, 0.6) is 0 Å². The number of benzene rings is 2. The second kappa shape index (κ2) is 6.81. The molecule has 0 atom stereocenters. The summed E-state index contributed by atoms with van der Waals surface area (Å²) in [4.78, 5) is 0. The molecule has 0 saturated carbocycles. The molecule has 0 bridgehead atoms. The number of aromatic nitrogens is 3. The molecule has 0 N–H and O–H groups in total. The lowest BCUT2D eigenvalue weighted by molar-refractivity contribution is 0.804. The van der Waals surface area contributed by atoms with E-state index in [1.807, 2.05) is 48.7 Å². The highest BCUT2D eigenvalue weighted by Gasteiger charge is 2.08. The van der Waals surface area contributed by atoms with E-state index in [0.717, 1.165) is 22.3 Å². The SMILES string of the molecule is Br.BrCc1ccccc1-c1cn(-c2ccccc2)nn1. The number of rotatable bonds is 3. The molecule has 0 amide bonds. The number of hydrogen-bond acceptors (Lipinski definition) is 2. The van der Waals surface area contributed by atoms with Crippen LogP contribution in [0, 0.1) is 0 Å². The summed E-state index contributed by atoms with van der Waals surface area (Å²) in [7, 11) is 0. The van der Waals surface area contributed by atoms with Crippen molar-refractivity contribution in [1.82, 2.24) is 15.0 Å². The maximum atomic E-state index is 4.26. The summed E-state index contributed by atoms with van der Waals surface area (Å²) < 4.78 is 1.79. The largest absolute Gasteiger partial charge is 0.220 e. The van der Waals surface area contributed by atoms with E-state index in [1.54, 1.807) is 4.68 Å². The lowest BCUT2D eigenvalue weighted by atomic mass is 10.1. The van der Waals surface area contributed by atoms with Crippen LogP contribution < -0.4 is 0 Å². The van der Waals surface area contributed by atoms with Crippen molar-refractivity contribution in [3.05, 3.63) is 66.4 Å². The summed E-state index contributed by atoms with van der Waals surface area (Å²) in [5.41, 5.74) is 4.22. The van der Waals surface area contributed by atoms with E-state index in [0.29, 0.717) is 0 Å². The summed E-state index contributed by atoms with van der Waals surface area (Å²) in [6, 6.07) is 18.2. The lowest BCUT2D eigenvalue weighted by Gasteiger charge is -2.02. The van der Waals surface area contributed by atoms with Crippen molar-refractivity contribution in [2.45, 2.75) is 5.33 Å². The van der Waals surface area contributed by atoms with E-state index in [4.69, 9.17) is 0 Å². The standard InChI is InChI=1S/C15H12BrN3.BrH/c16-10-12-6-4-5-9-14(12)15-11-19(18-17-15)13-7-2-1-3-8-13;/h1-9,11H,10H2;1H. The molecule has 2 aromatic carbocycles. The minimum atomic E-state index is 0. The molecule has 0 radical (unpaired) electrons. The zero-order chi connectivity index (χ0) is 13.1. The molecule has 0 fully saturated rings. The van der Waals surface area contributed by atoms with E-state index in [1.165, 1.54) is 5.56 Å². The van der Waals surface area contributed by atoms with Crippen molar-refractivity contribution in [3.63, 3.8) is 0 Å². The van der Waals surface area contributed by atoms with E-state index in [-0.39, 0.29) is 17.0 Å². The Bertz CT molecular complexity index is 680. The van der Waals surface area contributed by atoms with Gasteiger partial charge in [-0.05, 0) is 17.7 Å². The van der Waals surface area contributed by atoms with Gasteiger partial charge in [0.05, 0.1) is 11.9 Å². The maximum Gasteiger partial charge on any atom is 0.113 e.